The van der Waals surface area contributed by atoms with E-state index in [0.29, 0.717) is 52.1 Å². The van der Waals surface area contributed by atoms with Crippen molar-refractivity contribution in [2.24, 2.45) is 0 Å². The summed E-state index contributed by atoms with van der Waals surface area (Å²) in [6.07, 6.45) is 8.60. The maximum Gasteiger partial charge on any atom is 0.319 e. The van der Waals surface area contributed by atoms with E-state index in [0.717, 1.165) is 62.5 Å². The standard InChI is InChI=1S/C35H39FN6O3/c1-4-12-35(13-7-15-40(35)3)21-45-34-38-28-19-30(26-18-24(44)17-22-9-10-27(36)25(5-2)31(22)26)42-29(11-14-37-42)32(28)33(39-34)41-16-6-8-23(43)20-41/h5,9-11,14,17-19,23,43-44H,2,4,6-8,12-13,15-16,20-21H2,1,3H3. The number of anilines is 1. The molecule has 234 valence electrons. The number of hydrogen-bond donors (Lipinski definition) is 2. The third-order valence-electron chi connectivity index (χ3n) is 9.69. The average molecular weight is 611 g/mol. The molecule has 2 unspecified atom stereocenters. The third kappa shape index (κ3) is 5.06. The van der Waals surface area contributed by atoms with Gasteiger partial charge in [-0.2, -0.15) is 15.1 Å². The summed E-state index contributed by atoms with van der Waals surface area (Å²) in [6, 6.07) is 10.4. The lowest BCUT2D eigenvalue weighted by molar-refractivity contribution is 0.0828. The predicted molar refractivity (Wildman–Crippen MR) is 175 cm³/mol. The van der Waals surface area contributed by atoms with Crippen LogP contribution < -0.4 is 9.64 Å². The first kappa shape index (κ1) is 29.4. The minimum Gasteiger partial charge on any atom is -0.508 e. The van der Waals surface area contributed by atoms with Crippen molar-refractivity contribution in [3.63, 3.8) is 0 Å². The lowest BCUT2D eigenvalue weighted by Gasteiger charge is -2.36. The van der Waals surface area contributed by atoms with Crippen LogP contribution in [0, 0.1) is 5.82 Å². The highest BCUT2D eigenvalue weighted by Crippen LogP contribution is 2.40. The maximum absolute atomic E-state index is 15.1. The zero-order valence-corrected chi connectivity index (χ0v) is 25.8. The van der Waals surface area contributed by atoms with Gasteiger partial charge in [0.2, 0.25) is 0 Å². The number of aliphatic hydroxyl groups excluding tert-OH is 1. The summed E-state index contributed by atoms with van der Waals surface area (Å²) in [5, 5.41) is 28.1. The lowest BCUT2D eigenvalue weighted by atomic mass is 9.92. The minimum atomic E-state index is -0.459. The van der Waals surface area contributed by atoms with Crippen molar-refractivity contribution in [3.8, 4) is 23.0 Å². The number of β-amino-alcohol motifs (C(OH)–C–C–N with tert-alkyl or cyclic N) is 1. The average Bonchev–Trinajstić information content (AvgIpc) is 3.66. The number of aliphatic hydroxyl groups is 1. The number of hydrogen-bond acceptors (Lipinski definition) is 8. The second-order valence-corrected chi connectivity index (χ2v) is 12.5. The molecular weight excluding hydrogens is 571 g/mol. The van der Waals surface area contributed by atoms with Gasteiger partial charge in [-0.25, -0.2) is 8.91 Å². The van der Waals surface area contributed by atoms with E-state index in [1.165, 1.54) is 12.1 Å². The minimum absolute atomic E-state index is 0.0520. The van der Waals surface area contributed by atoms with Crippen LogP contribution in [0.5, 0.6) is 11.8 Å². The SMILES string of the molecule is C=Cc1c(F)ccc2cc(O)cc(-c3cc4nc(OCC5(CCC)CCCN5C)nc(N5CCCC(O)C5)c4c4ccnn34)c12. The number of rotatable bonds is 8. The maximum atomic E-state index is 15.1. The Labute approximate surface area is 261 Å². The number of fused-ring (bicyclic) bond motifs is 4. The Bertz CT molecular complexity index is 1930. The first-order valence-electron chi connectivity index (χ1n) is 15.9. The van der Waals surface area contributed by atoms with Crippen molar-refractivity contribution in [1.29, 1.82) is 0 Å². The molecule has 2 N–H and O–H groups in total. The molecule has 0 spiro atoms. The first-order chi connectivity index (χ1) is 21.8. The number of aromatic hydroxyl groups is 1. The molecule has 0 radical (unpaired) electrons. The number of nitrogens with zero attached hydrogens (tertiary/aromatic N) is 6. The molecule has 45 heavy (non-hydrogen) atoms. The summed E-state index contributed by atoms with van der Waals surface area (Å²) in [7, 11) is 2.16. The molecule has 2 aliphatic rings. The molecule has 0 bridgehead atoms. The summed E-state index contributed by atoms with van der Waals surface area (Å²) in [5.74, 6) is 0.341. The Hall–Kier alpha value is -4.28. The molecule has 2 aromatic carbocycles. The van der Waals surface area contributed by atoms with Gasteiger partial charge in [0.25, 0.3) is 0 Å². The van der Waals surface area contributed by atoms with Crippen molar-refractivity contribution in [2.75, 3.05) is 38.2 Å². The second kappa shape index (κ2) is 11.6. The largest absolute Gasteiger partial charge is 0.508 e. The molecule has 3 aromatic heterocycles. The molecule has 10 heteroatoms. The van der Waals surface area contributed by atoms with Gasteiger partial charge in [-0.1, -0.05) is 32.1 Å². The van der Waals surface area contributed by atoms with Gasteiger partial charge in [-0.3, -0.25) is 4.90 Å². The van der Waals surface area contributed by atoms with Gasteiger partial charge in [0.15, 0.2) is 0 Å². The molecule has 2 aliphatic heterocycles. The number of ether oxygens (including phenoxy) is 1. The molecule has 2 fully saturated rings. The molecular formula is C35H39FN6O3. The zero-order valence-electron chi connectivity index (χ0n) is 25.8. The van der Waals surface area contributed by atoms with Crippen LogP contribution in [-0.2, 0) is 0 Å². The Morgan fingerprint density at radius 1 is 1.13 bits per heavy atom. The topological polar surface area (TPSA) is 99.3 Å². The fourth-order valence-electron chi connectivity index (χ4n) is 7.47. The molecule has 2 atom stereocenters. The van der Waals surface area contributed by atoms with Crippen molar-refractivity contribution in [2.45, 2.75) is 57.1 Å². The van der Waals surface area contributed by atoms with Gasteiger partial charge >= 0.3 is 6.01 Å². The lowest BCUT2D eigenvalue weighted by Crippen LogP contribution is -2.46. The molecule has 0 saturated carbocycles. The van der Waals surface area contributed by atoms with Crippen molar-refractivity contribution < 1.29 is 19.3 Å². The van der Waals surface area contributed by atoms with E-state index < -0.39 is 11.9 Å². The van der Waals surface area contributed by atoms with Crippen LogP contribution in [0.2, 0.25) is 0 Å². The zero-order chi connectivity index (χ0) is 31.3. The van der Waals surface area contributed by atoms with E-state index in [9.17, 15) is 10.2 Å². The van der Waals surface area contributed by atoms with Crippen molar-refractivity contribution in [1.82, 2.24) is 24.5 Å². The third-order valence-corrected chi connectivity index (χ3v) is 9.69. The smallest absolute Gasteiger partial charge is 0.319 e. The Morgan fingerprint density at radius 2 is 2.00 bits per heavy atom. The van der Waals surface area contributed by atoms with Crippen LogP contribution >= 0.6 is 0 Å². The second-order valence-electron chi connectivity index (χ2n) is 12.5. The monoisotopic (exact) mass is 610 g/mol. The number of halogens is 1. The van der Waals surface area contributed by atoms with E-state index in [1.54, 1.807) is 28.9 Å². The fourth-order valence-corrected chi connectivity index (χ4v) is 7.47. The number of benzene rings is 2. The number of pyridine rings is 1. The van der Waals surface area contributed by atoms with E-state index >= 15 is 4.39 Å². The molecule has 0 aliphatic carbocycles. The number of aromatic nitrogens is 4. The molecule has 9 nitrogen and oxygen atoms in total. The van der Waals surface area contributed by atoms with Gasteiger partial charge in [0.05, 0.1) is 40.0 Å². The van der Waals surface area contributed by atoms with E-state index in [2.05, 4.69) is 35.4 Å². The van der Waals surface area contributed by atoms with Crippen LogP contribution in [-0.4, -0.2) is 79.6 Å². The Kier molecular flexibility index (Phi) is 7.57. The van der Waals surface area contributed by atoms with E-state index in [1.807, 2.05) is 12.1 Å². The van der Waals surface area contributed by atoms with Gasteiger partial charge in [-0.15, -0.1) is 0 Å². The van der Waals surface area contributed by atoms with E-state index in [4.69, 9.17) is 14.7 Å². The molecule has 5 aromatic rings. The molecule has 5 heterocycles. The normalized spacial score (nSPS) is 20.9. The van der Waals surface area contributed by atoms with Crippen molar-refractivity contribution in [3.05, 3.63) is 60.6 Å². The highest BCUT2D eigenvalue weighted by Gasteiger charge is 2.39. The number of phenols is 1. The summed E-state index contributed by atoms with van der Waals surface area (Å²) in [6.45, 7) is 8.78. The Morgan fingerprint density at radius 3 is 2.76 bits per heavy atom. The van der Waals surface area contributed by atoms with Gasteiger partial charge < -0.3 is 19.8 Å². The number of piperidine rings is 1. The fraction of sp³-hybridized carbons (Fsp3) is 0.400. The van der Waals surface area contributed by atoms with Crippen LogP contribution in [0.3, 0.4) is 0 Å². The van der Waals surface area contributed by atoms with Crippen LogP contribution in [0.1, 0.15) is 51.0 Å². The van der Waals surface area contributed by atoms with Gasteiger partial charge in [-0.05, 0) is 81.4 Å². The highest BCUT2D eigenvalue weighted by molar-refractivity contribution is 6.07. The van der Waals surface area contributed by atoms with Gasteiger partial charge in [0.1, 0.15) is 24.0 Å². The number of phenolic OH excluding ortho intramolecular Hbond substituents is 1. The highest BCUT2D eigenvalue weighted by atomic mass is 19.1. The van der Waals surface area contributed by atoms with Crippen LogP contribution in [0.4, 0.5) is 10.2 Å². The first-order valence-corrected chi connectivity index (χ1v) is 15.9. The predicted octanol–water partition coefficient (Wildman–Crippen LogP) is 6.19. The number of likely N-dealkylation sites (N-methyl/N-ethyl adjacent to an activating group) is 1. The summed E-state index contributed by atoms with van der Waals surface area (Å²) >= 11 is 0. The Balaban J connectivity index is 1.45. The molecule has 7 rings (SSSR count). The quantitative estimate of drug-likeness (QED) is 0.215. The number of likely N-dealkylation sites (tertiary alicyclic amines) is 1. The van der Waals surface area contributed by atoms with Crippen LogP contribution in [0.15, 0.2) is 49.2 Å². The van der Waals surface area contributed by atoms with Crippen molar-refractivity contribution >= 4 is 39.1 Å². The van der Waals surface area contributed by atoms with Crippen LogP contribution in [0.25, 0.3) is 44.5 Å². The van der Waals surface area contributed by atoms with Gasteiger partial charge in [0, 0.05) is 29.6 Å². The summed E-state index contributed by atoms with van der Waals surface area (Å²) < 4.78 is 23.3. The summed E-state index contributed by atoms with van der Waals surface area (Å²) in [4.78, 5) is 14.5. The summed E-state index contributed by atoms with van der Waals surface area (Å²) in [5.41, 5.74) is 2.90. The molecule has 2 saturated heterocycles. The molecule has 0 amide bonds. The van der Waals surface area contributed by atoms with E-state index in [-0.39, 0.29) is 17.3 Å².